The van der Waals surface area contributed by atoms with Gasteiger partial charge in [0.1, 0.15) is 13.2 Å². The first-order valence-corrected chi connectivity index (χ1v) is 10.8. The van der Waals surface area contributed by atoms with E-state index < -0.39 is 36.1 Å². The number of imide groups is 2. The summed E-state index contributed by atoms with van der Waals surface area (Å²) in [6, 6.07) is 18.0. The fourth-order valence-electron chi connectivity index (χ4n) is 3.87. The molecule has 2 heterocycles. The summed E-state index contributed by atoms with van der Waals surface area (Å²) in [4.78, 5) is 51.2. The molecule has 0 radical (unpaired) electrons. The summed E-state index contributed by atoms with van der Waals surface area (Å²) in [5, 5.41) is 0. The van der Waals surface area contributed by atoms with Crippen LogP contribution in [0.4, 0.5) is 9.59 Å². The maximum absolute atomic E-state index is 12.6. The molecule has 0 bridgehead atoms. The monoisotopic (exact) mass is 458 g/mol. The van der Waals surface area contributed by atoms with Crippen LogP contribution < -0.4 is 0 Å². The van der Waals surface area contributed by atoms with Gasteiger partial charge in [-0.2, -0.15) is 0 Å². The molecule has 0 saturated carbocycles. The topological polar surface area (TPSA) is 93.2 Å². The highest BCUT2D eigenvalue weighted by molar-refractivity contribution is 6.04. The Morgan fingerprint density at radius 1 is 0.824 bits per heavy atom. The van der Waals surface area contributed by atoms with Crippen LogP contribution in [0.3, 0.4) is 0 Å². The largest absolute Gasteiger partial charge is 0.447 e. The molecule has 8 nitrogen and oxygen atoms in total. The van der Waals surface area contributed by atoms with E-state index in [9.17, 15) is 19.2 Å². The van der Waals surface area contributed by atoms with Crippen molar-refractivity contribution in [1.29, 1.82) is 0 Å². The fourth-order valence-corrected chi connectivity index (χ4v) is 3.87. The molecule has 2 aliphatic heterocycles. The second-order valence-electron chi connectivity index (χ2n) is 7.83. The second kappa shape index (κ2) is 10.5. The van der Waals surface area contributed by atoms with Crippen molar-refractivity contribution in [3.8, 4) is 11.8 Å². The van der Waals surface area contributed by atoms with E-state index in [1.54, 1.807) is 0 Å². The number of carbonyl (C=O) groups is 4. The average molecular weight is 458 g/mol. The minimum absolute atomic E-state index is 0.0926. The van der Waals surface area contributed by atoms with Gasteiger partial charge in [-0.25, -0.2) is 19.4 Å². The Kier molecular flexibility index (Phi) is 7.04. The molecule has 2 atom stereocenters. The number of nitrogens with zero attached hydrogens (tertiary/aromatic N) is 2. The van der Waals surface area contributed by atoms with Crippen molar-refractivity contribution in [2.45, 2.75) is 24.9 Å². The van der Waals surface area contributed by atoms with Gasteiger partial charge in [0.2, 0.25) is 0 Å². The summed E-state index contributed by atoms with van der Waals surface area (Å²) in [5.41, 5.74) is 1.94. The summed E-state index contributed by atoms with van der Waals surface area (Å²) in [7, 11) is 0. The molecule has 4 rings (SSSR count). The van der Waals surface area contributed by atoms with Crippen LogP contribution in [0.25, 0.3) is 0 Å². The Hall–Kier alpha value is -4.38. The van der Waals surface area contributed by atoms with Crippen LogP contribution in [0.1, 0.15) is 11.1 Å². The zero-order chi connectivity index (χ0) is 23.9. The summed E-state index contributed by atoms with van der Waals surface area (Å²) < 4.78 is 10.1. The molecule has 172 valence electrons. The molecule has 0 spiro atoms. The van der Waals surface area contributed by atoms with E-state index in [0.29, 0.717) is 12.8 Å². The van der Waals surface area contributed by atoms with E-state index in [4.69, 9.17) is 9.47 Å². The Balaban J connectivity index is 1.38. The van der Waals surface area contributed by atoms with Gasteiger partial charge >= 0.3 is 18.1 Å². The van der Waals surface area contributed by atoms with Crippen molar-refractivity contribution in [2.24, 2.45) is 0 Å². The van der Waals surface area contributed by atoms with Crippen LogP contribution in [-0.4, -0.2) is 59.1 Å². The van der Waals surface area contributed by atoms with Crippen molar-refractivity contribution < 1.29 is 28.7 Å². The lowest BCUT2D eigenvalue weighted by Gasteiger charge is -2.17. The Labute approximate surface area is 196 Å². The quantitative estimate of drug-likeness (QED) is 0.505. The molecule has 34 heavy (non-hydrogen) atoms. The normalized spacial score (nSPS) is 19.5. The lowest BCUT2D eigenvalue weighted by Crippen LogP contribution is -2.39. The van der Waals surface area contributed by atoms with Crippen molar-refractivity contribution in [3.05, 3.63) is 83.9 Å². The third kappa shape index (κ3) is 5.33. The van der Waals surface area contributed by atoms with E-state index in [-0.39, 0.29) is 13.2 Å². The molecular weight excluding hydrogens is 436 g/mol. The smallest absolute Gasteiger partial charge is 0.417 e. The maximum atomic E-state index is 12.6. The summed E-state index contributed by atoms with van der Waals surface area (Å²) >= 11 is 0. The van der Waals surface area contributed by atoms with Crippen molar-refractivity contribution in [3.63, 3.8) is 0 Å². The number of carbonyl (C=O) groups excluding carboxylic acids is 4. The van der Waals surface area contributed by atoms with Crippen LogP contribution in [0.2, 0.25) is 0 Å². The third-order valence-corrected chi connectivity index (χ3v) is 5.49. The van der Waals surface area contributed by atoms with Gasteiger partial charge < -0.3 is 9.47 Å². The van der Waals surface area contributed by atoms with Crippen molar-refractivity contribution >= 4 is 24.0 Å². The first-order valence-electron chi connectivity index (χ1n) is 10.8. The van der Waals surface area contributed by atoms with Gasteiger partial charge in [-0.1, -0.05) is 66.6 Å². The van der Waals surface area contributed by atoms with Crippen LogP contribution in [-0.2, 0) is 31.9 Å². The van der Waals surface area contributed by atoms with Crippen LogP contribution in [0.5, 0.6) is 0 Å². The van der Waals surface area contributed by atoms with E-state index in [1.807, 2.05) is 60.7 Å². The van der Waals surface area contributed by atoms with E-state index in [2.05, 4.69) is 11.8 Å². The summed E-state index contributed by atoms with van der Waals surface area (Å²) in [6.07, 6.45) is 1.74. The van der Waals surface area contributed by atoms with Crippen LogP contribution in [0, 0.1) is 11.8 Å². The molecule has 0 aromatic heterocycles. The van der Waals surface area contributed by atoms with Gasteiger partial charge in [-0.15, -0.1) is 0 Å². The highest BCUT2D eigenvalue weighted by atomic mass is 16.6. The molecule has 0 aliphatic carbocycles. The molecule has 0 unspecified atom stereocenters. The van der Waals surface area contributed by atoms with Gasteiger partial charge in [0.25, 0.3) is 5.91 Å². The standard InChI is InChI=1S/C26H22N2O6/c29-23(27-21(17-33-25(27)31)15-19-9-3-1-4-10-19)13-7-8-14-24(30)28-22(18-34-26(28)32)16-20-11-5-2-6-12-20/h1-7,9-13,21-22H,15-18H2/b13-7+/t21-,22-/m0/s1. The average Bonchev–Trinajstić information content (AvgIpc) is 3.39. The van der Waals surface area contributed by atoms with Crippen LogP contribution in [0.15, 0.2) is 72.8 Å². The van der Waals surface area contributed by atoms with Crippen molar-refractivity contribution in [2.75, 3.05) is 13.2 Å². The van der Waals surface area contributed by atoms with E-state index in [0.717, 1.165) is 27.0 Å². The number of hydrogen-bond donors (Lipinski definition) is 0. The molecule has 2 aliphatic rings. The molecule has 8 heteroatoms. The number of allylic oxidation sites excluding steroid dienone is 1. The number of rotatable bonds is 5. The van der Waals surface area contributed by atoms with Gasteiger partial charge in [0.15, 0.2) is 0 Å². The van der Waals surface area contributed by atoms with Gasteiger partial charge in [0.05, 0.1) is 12.1 Å². The number of hydrogen-bond acceptors (Lipinski definition) is 6. The van der Waals surface area contributed by atoms with Crippen LogP contribution >= 0.6 is 0 Å². The summed E-state index contributed by atoms with van der Waals surface area (Å²) in [6.45, 7) is 0.201. The number of ether oxygens (including phenoxy) is 2. The van der Waals surface area contributed by atoms with E-state index >= 15 is 0 Å². The molecule has 2 aromatic carbocycles. The Morgan fingerprint density at radius 3 is 1.88 bits per heavy atom. The van der Waals surface area contributed by atoms with Gasteiger partial charge in [-0.05, 0) is 30.0 Å². The number of amides is 4. The van der Waals surface area contributed by atoms with Gasteiger partial charge in [0, 0.05) is 12.0 Å². The Bertz CT molecular complexity index is 1170. The number of cyclic esters (lactones) is 2. The lowest BCUT2D eigenvalue weighted by molar-refractivity contribution is -0.124. The molecule has 2 fully saturated rings. The minimum atomic E-state index is -0.746. The lowest BCUT2D eigenvalue weighted by atomic mass is 10.1. The SMILES string of the molecule is O=C(C#C/C=C/C(=O)N1C(=O)OC[C@@H]1Cc1ccccc1)N1C(=O)OC[C@@H]1Cc1ccccc1. The first kappa shape index (κ1) is 22.8. The molecule has 0 N–H and O–H groups in total. The molecular formula is C26H22N2O6. The zero-order valence-corrected chi connectivity index (χ0v) is 18.3. The maximum Gasteiger partial charge on any atom is 0.417 e. The number of benzene rings is 2. The van der Waals surface area contributed by atoms with Crippen molar-refractivity contribution in [1.82, 2.24) is 9.80 Å². The predicted molar refractivity (Wildman–Crippen MR) is 121 cm³/mol. The molecule has 2 aromatic rings. The third-order valence-electron chi connectivity index (χ3n) is 5.49. The van der Waals surface area contributed by atoms with E-state index in [1.165, 1.54) is 6.08 Å². The zero-order valence-electron chi connectivity index (χ0n) is 18.3. The fraction of sp³-hybridized carbons (Fsp3) is 0.231. The predicted octanol–water partition coefficient (Wildman–Crippen LogP) is 2.73. The minimum Gasteiger partial charge on any atom is -0.447 e. The molecule has 4 amide bonds. The highest BCUT2D eigenvalue weighted by Crippen LogP contribution is 2.19. The second-order valence-corrected chi connectivity index (χ2v) is 7.83. The summed E-state index contributed by atoms with van der Waals surface area (Å²) in [5.74, 6) is 3.50. The van der Waals surface area contributed by atoms with Gasteiger partial charge in [-0.3, -0.25) is 9.59 Å². The highest BCUT2D eigenvalue weighted by Gasteiger charge is 2.38. The first-order chi connectivity index (χ1) is 16.5. The Morgan fingerprint density at radius 2 is 1.32 bits per heavy atom. The molecule has 2 saturated heterocycles.